The van der Waals surface area contributed by atoms with E-state index in [4.69, 9.17) is 9.47 Å². The van der Waals surface area contributed by atoms with Crippen LogP contribution in [0.15, 0.2) is 18.2 Å². The lowest BCUT2D eigenvalue weighted by atomic mass is 10.2. The Labute approximate surface area is 140 Å². The molecule has 1 aromatic carbocycles. The molecule has 0 saturated carbocycles. The zero-order chi connectivity index (χ0) is 17.8. The average molecular weight is 337 g/mol. The molecule has 8 heteroatoms. The van der Waals surface area contributed by atoms with Crippen molar-refractivity contribution in [2.24, 2.45) is 0 Å². The summed E-state index contributed by atoms with van der Waals surface area (Å²) in [6.45, 7) is 5.37. The minimum Gasteiger partial charge on any atom is -0.490 e. The highest BCUT2D eigenvalue weighted by atomic mass is 16.5. The van der Waals surface area contributed by atoms with E-state index in [2.05, 4.69) is 16.0 Å². The molecule has 0 spiro atoms. The van der Waals surface area contributed by atoms with Gasteiger partial charge in [-0.1, -0.05) is 0 Å². The third-order valence-corrected chi connectivity index (χ3v) is 2.87. The van der Waals surface area contributed by atoms with Gasteiger partial charge in [-0.15, -0.1) is 0 Å². The molecule has 0 fully saturated rings. The molecule has 0 saturated heterocycles. The van der Waals surface area contributed by atoms with Crippen LogP contribution in [0.1, 0.15) is 20.3 Å². The molecule has 8 nitrogen and oxygen atoms in total. The average Bonchev–Trinajstić information content (AvgIpc) is 2.57. The Balaban J connectivity index is 2.57. The maximum atomic E-state index is 11.8. The molecule has 0 heterocycles. The van der Waals surface area contributed by atoms with Gasteiger partial charge in [0.15, 0.2) is 11.5 Å². The van der Waals surface area contributed by atoms with Gasteiger partial charge in [0.1, 0.15) is 0 Å². The first-order chi connectivity index (χ1) is 11.6. The maximum absolute atomic E-state index is 11.8. The van der Waals surface area contributed by atoms with E-state index in [1.54, 1.807) is 18.2 Å². The lowest BCUT2D eigenvalue weighted by molar-refractivity contribution is -0.136. The highest BCUT2D eigenvalue weighted by Gasteiger charge is 2.14. The predicted molar refractivity (Wildman–Crippen MR) is 89.1 cm³/mol. The van der Waals surface area contributed by atoms with Crippen LogP contribution in [0, 0.1) is 0 Å². The number of ether oxygens (including phenoxy) is 2. The van der Waals surface area contributed by atoms with Crippen LogP contribution in [0.3, 0.4) is 0 Å². The first kappa shape index (κ1) is 19.3. The van der Waals surface area contributed by atoms with Crippen LogP contribution in [-0.4, -0.2) is 44.5 Å². The molecule has 0 aliphatic heterocycles. The molecule has 3 N–H and O–H groups in total. The Morgan fingerprint density at radius 1 is 1.04 bits per heavy atom. The molecule has 0 atom stereocenters. The molecule has 0 radical (unpaired) electrons. The summed E-state index contributed by atoms with van der Waals surface area (Å²) in [5.41, 5.74) is 0.435. The van der Waals surface area contributed by atoms with Crippen molar-refractivity contribution in [1.29, 1.82) is 0 Å². The normalized spacial score (nSPS) is 9.75. The van der Waals surface area contributed by atoms with Crippen LogP contribution in [-0.2, 0) is 14.4 Å². The van der Waals surface area contributed by atoms with Gasteiger partial charge in [0.2, 0.25) is 6.41 Å². The van der Waals surface area contributed by atoms with Gasteiger partial charge in [0, 0.05) is 24.8 Å². The summed E-state index contributed by atoms with van der Waals surface area (Å²) in [5, 5.41) is 7.44. The highest BCUT2D eigenvalue weighted by molar-refractivity contribution is 6.39. The standard InChI is InChI=1S/C16H23N3O5/c1-3-23-13-7-6-12(10-14(13)24-4-2)19-16(22)15(21)18-9-5-8-17-11-20/h6-7,10-11H,3-5,8-9H2,1-2H3,(H,17,20)(H,18,21)(H,19,22). The summed E-state index contributed by atoms with van der Waals surface area (Å²) < 4.78 is 10.9. The van der Waals surface area contributed by atoms with Crippen molar-refractivity contribution in [3.63, 3.8) is 0 Å². The number of benzene rings is 1. The van der Waals surface area contributed by atoms with Gasteiger partial charge in [-0.05, 0) is 32.4 Å². The minimum atomic E-state index is -0.773. The lowest BCUT2D eigenvalue weighted by Gasteiger charge is -2.13. The summed E-state index contributed by atoms with van der Waals surface area (Å²) in [4.78, 5) is 33.6. The van der Waals surface area contributed by atoms with Crippen LogP contribution in [0.25, 0.3) is 0 Å². The molecule has 0 aliphatic rings. The quantitative estimate of drug-likeness (QED) is 0.331. The third-order valence-electron chi connectivity index (χ3n) is 2.87. The summed E-state index contributed by atoms with van der Waals surface area (Å²) in [7, 11) is 0. The smallest absolute Gasteiger partial charge is 0.313 e. The monoisotopic (exact) mass is 337 g/mol. The van der Waals surface area contributed by atoms with Crippen molar-refractivity contribution < 1.29 is 23.9 Å². The van der Waals surface area contributed by atoms with Crippen LogP contribution in [0.2, 0.25) is 0 Å². The second-order valence-corrected chi connectivity index (χ2v) is 4.66. The van der Waals surface area contributed by atoms with Gasteiger partial charge in [0.25, 0.3) is 0 Å². The Kier molecular flexibility index (Phi) is 8.73. The zero-order valence-corrected chi connectivity index (χ0v) is 13.9. The number of amides is 3. The Morgan fingerprint density at radius 2 is 1.75 bits per heavy atom. The van der Waals surface area contributed by atoms with E-state index in [0.717, 1.165) is 0 Å². The van der Waals surface area contributed by atoms with Crippen molar-refractivity contribution in [3.8, 4) is 11.5 Å². The van der Waals surface area contributed by atoms with E-state index in [-0.39, 0.29) is 0 Å². The molecule has 132 valence electrons. The predicted octanol–water partition coefficient (Wildman–Crippen LogP) is 0.675. The van der Waals surface area contributed by atoms with Crippen molar-refractivity contribution in [2.45, 2.75) is 20.3 Å². The van der Waals surface area contributed by atoms with Crippen LogP contribution in [0.4, 0.5) is 5.69 Å². The Bertz CT molecular complexity index is 563. The first-order valence-corrected chi connectivity index (χ1v) is 7.78. The fourth-order valence-electron chi connectivity index (χ4n) is 1.85. The van der Waals surface area contributed by atoms with Gasteiger partial charge in [-0.2, -0.15) is 0 Å². The fraction of sp³-hybridized carbons (Fsp3) is 0.438. The van der Waals surface area contributed by atoms with Crippen LogP contribution < -0.4 is 25.4 Å². The topological polar surface area (TPSA) is 106 Å². The number of carbonyl (C=O) groups is 3. The van der Waals surface area contributed by atoms with Crippen molar-refractivity contribution >= 4 is 23.9 Å². The number of rotatable bonds is 10. The number of anilines is 1. The summed E-state index contributed by atoms with van der Waals surface area (Å²) in [5.74, 6) is -0.445. The van der Waals surface area contributed by atoms with Crippen LogP contribution >= 0.6 is 0 Å². The molecular formula is C16H23N3O5. The molecule has 0 aromatic heterocycles. The minimum absolute atomic E-state index is 0.292. The number of carbonyl (C=O) groups excluding carboxylic acids is 3. The second-order valence-electron chi connectivity index (χ2n) is 4.66. The number of hydrogen-bond donors (Lipinski definition) is 3. The van der Waals surface area contributed by atoms with Crippen molar-refractivity contribution in [1.82, 2.24) is 10.6 Å². The molecule has 1 rings (SSSR count). The zero-order valence-electron chi connectivity index (χ0n) is 13.9. The van der Waals surface area contributed by atoms with E-state index in [1.165, 1.54) is 0 Å². The van der Waals surface area contributed by atoms with Gasteiger partial charge in [-0.25, -0.2) is 0 Å². The van der Waals surface area contributed by atoms with Gasteiger partial charge >= 0.3 is 11.8 Å². The van der Waals surface area contributed by atoms with E-state index in [0.29, 0.717) is 56.3 Å². The van der Waals surface area contributed by atoms with Gasteiger partial charge in [-0.3, -0.25) is 14.4 Å². The molecule has 0 bridgehead atoms. The van der Waals surface area contributed by atoms with Crippen LogP contribution in [0.5, 0.6) is 11.5 Å². The fourth-order valence-corrected chi connectivity index (χ4v) is 1.85. The summed E-state index contributed by atoms with van der Waals surface area (Å²) in [6.07, 6.45) is 1.12. The molecule has 1 aromatic rings. The maximum Gasteiger partial charge on any atom is 0.313 e. The van der Waals surface area contributed by atoms with Crippen molar-refractivity contribution in [2.75, 3.05) is 31.6 Å². The second kappa shape index (κ2) is 10.9. The summed E-state index contributed by atoms with van der Waals surface area (Å²) in [6, 6.07) is 4.91. The van der Waals surface area contributed by atoms with E-state index in [9.17, 15) is 14.4 Å². The third kappa shape index (κ3) is 6.55. The first-order valence-electron chi connectivity index (χ1n) is 7.78. The van der Waals surface area contributed by atoms with E-state index in [1.807, 2.05) is 13.8 Å². The Morgan fingerprint density at radius 3 is 2.42 bits per heavy atom. The number of nitrogens with one attached hydrogen (secondary N) is 3. The van der Waals surface area contributed by atoms with E-state index >= 15 is 0 Å². The van der Waals surface area contributed by atoms with Crippen molar-refractivity contribution in [3.05, 3.63) is 18.2 Å². The number of hydrogen-bond acceptors (Lipinski definition) is 5. The Hall–Kier alpha value is -2.77. The lowest BCUT2D eigenvalue weighted by Crippen LogP contribution is -2.36. The molecule has 24 heavy (non-hydrogen) atoms. The van der Waals surface area contributed by atoms with E-state index < -0.39 is 11.8 Å². The summed E-state index contributed by atoms with van der Waals surface area (Å²) >= 11 is 0. The molecular weight excluding hydrogens is 314 g/mol. The highest BCUT2D eigenvalue weighted by Crippen LogP contribution is 2.30. The molecule has 3 amide bonds. The SMILES string of the molecule is CCOc1ccc(NC(=O)C(=O)NCCCNC=O)cc1OCC. The van der Waals surface area contributed by atoms with Gasteiger partial charge in [0.05, 0.1) is 13.2 Å². The molecule has 0 aliphatic carbocycles. The largest absolute Gasteiger partial charge is 0.490 e. The van der Waals surface area contributed by atoms with Gasteiger partial charge < -0.3 is 25.4 Å². The molecule has 0 unspecified atom stereocenters.